The minimum Gasteiger partial charge on any atom is -0.306 e. The van der Waals surface area contributed by atoms with E-state index < -0.39 is 0 Å². The number of benzene rings is 2. The van der Waals surface area contributed by atoms with Gasteiger partial charge in [-0.25, -0.2) is 0 Å². The molecule has 0 heterocycles. The van der Waals surface area contributed by atoms with Gasteiger partial charge in [-0.15, -0.1) is 0 Å². The van der Waals surface area contributed by atoms with E-state index in [1.54, 1.807) is 12.1 Å². The molecule has 104 valence electrons. The van der Waals surface area contributed by atoms with E-state index in [4.69, 9.17) is 0 Å². The van der Waals surface area contributed by atoms with Crippen molar-refractivity contribution in [3.63, 3.8) is 0 Å². The van der Waals surface area contributed by atoms with Gasteiger partial charge >= 0.3 is 0 Å². The zero-order chi connectivity index (χ0) is 14.5. The van der Waals surface area contributed by atoms with Crippen molar-refractivity contribution in [1.29, 1.82) is 0 Å². The Balaban J connectivity index is 2.03. The van der Waals surface area contributed by atoms with E-state index in [-0.39, 0.29) is 16.7 Å². The van der Waals surface area contributed by atoms with Gasteiger partial charge in [0, 0.05) is 24.7 Å². The fourth-order valence-corrected chi connectivity index (χ4v) is 2.12. The predicted molar refractivity (Wildman–Crippen MR) is 79.5 cm³/mol. The van der Waals surface area contributed by atoms with E-state index in [0.29, 0.717) is 0 Å². The first-order valence-corrected chi connectivity index (χ1v) is 6.59. The van der Waals surface area contributed by atoms with Crippen molar-refractivity contribution in [3.05, 3.63) is 75.3 Å². The quantitative estimate of drug-likeness (QED) is 0.665. The molecule has 0 saturated heterocycles. The number of hydrogen-bond donors (Lipinski definition) is 1. The number of nitrogens with one attached hydrogen (secondary N) is 1. The molecule has 2 aromatic carbocycles. The standard InChI is InChI=1S/C16H18N2O2/c1-12-5-3-6-14(9-12)11-17-13(2)15-7-4-8-16(10-15)18(19)20/h3-10,13,17H,11H2,1-2H3. The van der Waals surface area contributed by atoms with E-state index in [0.717, 1.165) is 12.1 Å². The molecular weight excluding hydrogens is 252 g/mol. The SMILES string of the molecule is Cc1cccc(CNC(C)c2cccc([N+](=O)[O-])c2)c1. The van der Waals surface area contributed by atoms with Crippen LogP contribution in [0.2, 0.25) is 0 Å². The molecule has 4 nitrogen and oxygen atoms in total. The van der Waals surface area contributed by atoms with Crippen LogP contribution in [0.15, 0.2) is 48.5 Å². The maximum absolute atomic E-state index is 10.8. The Labute approximate surface area is 118 Å². The summed E-state index contributed by atoms with van der Waals surface area (Å²) in [4.78, 5) is 10.4. The molecule has 0 amide bonds. The lowest BCUT2D eigenvalue weighted by atomic mass is 10.1. The van der Waals surface area contributed by atoms with Crippen LogP contribution in [0.4, 0.5) is 5.69 Å². The summed E-state index contributed by atoms with van der Waals surface area (Å²) in [5.74, 6) is 0. The molecule has 0 fully saturated rings. The number of nitrogens with zero attached hydrogens (tertiary/aromatic N) is 1. The van der Waals surface area contributed by atoms with E-state index in [1.807, 2.05) is 19.1 Å². The van der Waals surface area contributed by atoms with Crippen LogP contribution in [0, 0.1) is 17.0 Å². The summed E-state index contributed by atoms with van der Waals surface area (Å²) in [5, 5.41) is 14.2. The molecule has 0 radical (unpaired) electrons. The highest BCUT2D eigenvalue weighted by atomic mass is 16.6. The summed E-state index contributed by atoms with van der Waals surface area (Å²) in [7, 11) is 0. The Kier molecular flexibility index (Phi) is 4.48. The molecule has 4 heteroatoms. The van der Waals surface area contributed by atoms with E-state index in [1.165, 1.54) is 17.2 Å². The van der Waals surface area contributed by atoms with E-state index in [9.17, 15) is 10.1 Å². The van der Waals surface area contributed by atoms with Crippen LogP contribution < -0.4 is 5.32 Å². The average Bonchev–Trinajstić information content (AvgIpc) is 2.45. The molecule has 0 spiro atoms. The van der Waals surface area contributed by atoms with Gasteiger partial charge in [0.05, 0.1) is 4.92 Å². The van der Waals surface area contributed by atoms with Crippen molar-refractivity contribution < 1.29 is 4.92 Å². The van der Waals surface area contributed by atoms with Crippen LogP contribution in [0.1, 0.15) is 29.7 Å². The third-order valence-corrected chi connectivity index (χ3v) is 3.28. The molecule has 20 heavy (non-hydrogen) atoms. The summed E-state index contributed by atoms with van der Waals surface area (Å²) in [6.45, 7) is 4.81. The predicted octanol–water partition coefficient (Wildman–Crippen LogP) is 3.75. The average molecular weight is 270 g/mol. The maximum atomic E-state index is 10.8. The first-order valence-electron chi connectivity index (χ1n) is 6.59. The van der Waals surface area contributed by atoms with Crippen molar-refractivity contribution in [2.45, 2.75) is 26.4 Å². The van der Waals surface area contributed by atoms with Gasteiger partial charge < -0.3 is 5.32 Å². The van der Waals surface area contributed by atoms with Crippen LogP contribution in [0.5, 0.6) is 0 Å². The largest absolute Gasteiger partial charge is 0.306 e. The number of hydrogen-bond acceptors (Lipinski definition) is 3. The summed E-state index contributed by atoms with van der Waals surface area (Å²) in [6, 6.07) is 15.1. The highest BCUT2D eigenvalue weighted by Crippen LogP contribution is 2.19. The Morgan fingerprint density at radius 2 is 1.95 bits per heavy atom. The highest BCUT2D eigenvalue weighted by molar-refractivity contribution is 5.35. The van der Waals surface area contributed by atoms with Crippen LogP contribution in [0.25, 0.3) is 0 Å². The molecule has 0 aromatic heterocycles. The smallest absolute Gasteiger partial charge is 0.269 e. The highest BCUT2D eigenvalue weighted by Gasteiger charge is 2.10. The molecular formula is C16H18N2O2. The lowest BCUT2D eigenvalue weighted by molar-refractivity contribution is -0.384. The first-order chi connectivity index (χ1) is 9.56. The molecule has 1 unspecified atom stereocenters. The van der Waals surface area contributed by atoms with Crippen LogP contribution in [-0.4, -0.2) is 4.92 Å². The summed E-state index contributed by atoms with van der Waals surface area (Å²) >= 11 is 0. The summed E-state index contributed by atoms with van der Waals surface area (Å²) < 4.78 is 0. The second-order valence-corrected chi connectivity index (χ2v) is 4.94. The maximum Gasteiger partial charge on any atom is 0.269 e. The fourth-order valence-electron chi connectivity index (χ4n) is 2.12. The molecule has 0 saturated carbocycles. The molecule has 2 rings (SSSR count). The number of non-ortho nitro benzene ring substituents is 1. The van der Waals surface area contributed by atoms with Crippen molar-refractivity contribution >= 4 is 5.69 Å². The lowest BCUT2D eigenvalue weighted by Crippen LogP contribution is -2.18. The first kappa shape index (κ1) is 14.2. The van der Waals surface area contributed by atoms with Crippen LogP contribution in [-0.2, 0) is 6.54 Å². The molecule has 2 aromatic rings. The number of rotatable bonds is 5. The van der Waals surface area contributed by atoms with Gasteiger partial charge in [-0.2, -0.15) is 0 Å². The molecule has 0 bridgehead atoms. The van der Waals surface area contributed by atoms with Crippen molar-refractivity contribution in [3.8, 4) is 0 Å². The van der Waals surface area contributed by atoms with Crippen molar-refractivity contribution in [2.24, 2.45) is 0 Å². The zero-order valence-corrected chi connectivity index (χ0v) is 11.7. The molecule has 1 atom stereocenters. The second kappa shape index (κ2) is 6.30. The van der Waals surface area contributed by atoms with E-state index in [2.05, 4.69) is 30.4 Å². The zero-order valence-electron chi connectivity index (χ0n) is 11.7. The van der Waals surface area contributed by atoms with Gasteiger partial charge in [0.2, 0.25) is 0 Å². The minimum absolute atomic E-state index is 0.0652. The van der Waals surface area contributed by atoms with Gasteiger partial charge in [-0.3, -0.25) is 10.1 Å². The second-order valence-electron chi connectivity index (χ2n) is 4.94. The normalized spacial score (nSPS) is 12.1. The van der Waals surface area contributed by atoms with Gasteiger partial charge in [-0.05, 0) is 25.0 Å². The van der Waals surface area contributed by atoms with Crippen LogP contribution >= 0.6 is 0 Å². The molecule has 1 N–H and O–H groups in total. The van der Waals surface area contributed by atoms with Gasteiger partial charge in [0.15, 0.2) is 0 Å². The molecule has 0 aliphatic rings. The van der Waals surface area contributed by atoms with Gasteiger partial charge in [0.1, 0.15) is 0 Å². The number of nitro groups is 1. The lowest BCUT2D eigenvalue weighted by Gasteiger charge is -2.14. The number of aryl methyl sites for hydroxylation is 1. The fraction of sp³-hybridized carbons (Fsp3) is 0.250. The van der Waals surface area contributed by atoms with Crippen LogP contribution in [0.3, 0.4) is 0 Å². The third kappa shape index (κ3) is 3.65. The summed E-state index contributed by atoms with van der Waals surface area (Å²) in [6.07, 6.45) is 0. The minimum atomic E-state index is -0.364. The van der Waals surface area contributed by atoms with Gasteiger partial charge in [-0.1, -0.05) is 42.0 Å². The Morgan fingerprint density at radius 1 is 1.20 bits per heavy atom. The Bertz CT molecular complexity index is 611. The van der Waals surface area contributed by atoms with Crippen molar-refractivity contribution in [1.82, 2.24) is 5.32 Å². The third-order valence-electron chi connectivity index (χ3n) is 3.28. The topological polar surface area (TPSA) is 55.2 Å². The van der Waals surface area contributed by atoms with Gasteiger partial charge in [0.25, 0.3) is 5.69 Å². The molecule has 0 aliphatic heterocycles. The monoisotopic (exact) mass is 270 g/mol. The number of nitro benzene ring substituents is 1. The van der Waals surface area contributed by atoms with Crippen molar-refractivity contribution in [2.75, 3.05) is 0 Å². The Hall–Kier alpha value is -2.20. The van der Waals surface area contributed by atoms with E-state index >= 15 is 0 Å². The molecule has 0 aliphatic carbocycles. The Morgan fingerprint density at radius 3 is 2.65 bits per heavy atom. The summed E-state index contributed by atoms with van der Waals surface area (Å²) in [5.41, 5.74) is 3.49.